The van der Waals surface area contributed by atoms with Gasteiger partial charge in [0.2, 0.25) is 0 Å². The van der Waals surface area contributed by atoms with Crippen LogP contribution in [0, 0.1) is 0 Å². The molecular weight excluding hydrogens is 408 g/mol. The maximum absolute atomic E-state index is 12.8. The van der Waals surface area contributed by atoms with E-state index < -0.39 is 0 Å². The summed E-state index contributed by atoms with van der Waals surface area (Å²) < 4.78 is 16.0. The second-order valence-electron chi connectivity index (χ2n) is 7.51. The summed E-state index contributed by atoms with van der Waals surface area (Å²) in [5, 5.41) is 4.74. The van der Waals surface area contributed by atoms with Crippen LogP contribution in [0.15, 0.2) is 48.5 Å². The van der Waals surface area contributed by atoms with Gasteiger partial charge in [-0.15, -0.1) is 0 Å². The zero-order valence-corrected chi connectivity index (χ0v) is 18.7. The Hall–Kier alpha value is -3.06. The predicted octanol–water partition coefficient (Wildman–Crippen LogP) is 5.05. The van der Waals surface area contributed by atoms with Crippen LogP contribution in [0.3, 0.4) is 0 Å². The van der Waals surface area contributed by atoms with Crippen molar-refractivity contribution in [2.75, 3.05) is 6.61 Å². The molecule has 7 heteroatoms. The number of esters is 1. The summed E-state index contributed by atoms with van der Waals surface area (Å²) in [6, 6.07) is 16.3. The molecule has 0 saturated heterocycles. The molecule has 0 fully saturated rings. The van der Waals surface area contributed by atoms with Crippen LogP contribution in [-0.4, -0.2) is 31.1 Å². The zero-order valence-electron chi connectivity index (χ0n) is 17.9. The van der Waals surface area contributed by atoms with Gasteiger partial charge in [-0.1, -0.05) is 49.7 Å². The molecule has 2 aromatic carbocycles. The van der Waals surface area contributed by atoms with Crippen molar-refractivity contribution in [3.8, 4) is 0 Å². The number of ether oxygens (including phenoxy) is 1. The van der Waals surface area contributed by atoms with Crippen molar-refractivity contribution in [3.63, 3.8) is 0 Å². The van der Waals surface area contributed by atoms with Crippen LogP contribution < -0.4 is 0 Å². The van der Waals surface area contributed by atoms with Crippen molar-refractivity contribution < 1.29 is 9.53 Å². The van der Waals surface area contributed by atoms with Crippen molar-refractivity contribution >= 4 is 28.7 Å². The number of nitrogens with zero attached hydrogens (tertiary/aromatic N) is 4. The van der Waals surface area contributed by atoms with Gasteiger partial charge in [-0.2, -0.15) is 13.8 Å². The second kappa shape index (κ2) is 9.83. The van der Waals surface area contributed by atoms with Crippen LogP contribution in [0.5, 0.6) is 0 Å². The number of carbonyl (C=O) groups is 1. The van der Waals surface area contributed by atoms with E-state index in [4.69, 9.17) is 9.84 Å². The third-order valence-corrected chi connectivity index (χ3v) is 5.83. The molecule has 0 aliphatic heterocycles. The minimum Gasteiger partial charge on any atom is -0.461 e. The van der Waals surface area contributed by atoms with E-state index >= 15 is 0 Å². The SMILES string of the molecule is CCCCc1c(Cc2ccc3nsnc3c2)c(C(=O)OCC)nn1Cc1ccccc1. The standard InChI is InChI=1S/C24H26N4O2S/c1-3-5-11-22-19(14-18-12-13-20-21(15-18)27-31-26-20)23(24(29)30-4-2)25-28(22)16-17-9-7-6-8-10-17/h6-10,12-13,15H,3-5,11,14,16H2,1-2H3. The Kier molecular flexibility index (Phi) is 6.72. The highest BCUT2D eigenvalue weighted by Gasteiger charge is 2.24. The number of hydrogen-bond donors (Lipinski definition) is 0. The lowest BCUT2D eigenvalue weighted by atomic mass is 9.99. The molecule has 0 aliphatic rings. The third-order valence-electron chi connectivity index (χ3n) is 5.28. The fourth-order valence-corrected chi connectivity index (χ4v) is 4.25. The Morgan fingerprint density at radius 3 is 2.61 bits per heavy atom. The van der Waals surface area contributed by atoms with Crippen molar-refractivity contribution in [1.82, 2.24) is 18.5 Å². The van der Waals surface area contributed by atoms with E-state index in [0.717, 1.165) is 52.7 Å². The van der Waals surface area contributed by atoms with Gasteiger partial charge in [0, 0.05) is 17.7 Å². The third kappa shape index (κ3) is 4.82. The fourth-order valence-electron chi connectivity index (χ4n) is 3.74. The van der Waals surface area contributed by atoms with Gasteiger partial charge in [0.15, 0.2) is 5.69 Å². The Bertz CT molecular complexity index is 1170. The lowest BCUT2D eigenvalue weighted by Crippen LogP contribution is -2.09. The van der Waals surface area contributed by atoms with Crippen molar-refractivity contribution in [2.24, 2.45) is 0 Å². The molecule has 0 radical (unpaired) electrons. The summed E-state index contributed by atoms with van der Waals surface area (Å²) in [7, 11) is 0. The maximum atomic E-state index is 12.8. The number of carbonyl (C=O) groups excluding carboxylic acids is 1. The highest BCUT2D eigenvalue weighted by Crippen LogP contribution is 2.24. The number of benzene rings is 2. The molecule has 0 bridgehead atoms. The Labute approximate surface area is 186 Å². The molecule has 2 heterocycles. The molecule has 160 valence electrons. The first-order valence-electron chi connectivity index (χ1n) is 10.7. The first-order valence-corrected chi connectivity index (χ1v) is 11.4. The normalized spacial score (nSPS) is 11.2. The van der Waals surface area contributed by atoms with Crippen molar-refractivity contribution in [1.29, 1.82) is 0 Å². The highest BCUT2D eigenvalue weighted by atomic mass is 32.1. The molecule has 2 aromatic heterocycles. The quantitative estimate of drug-likeness (QED) is 0.345. The Balaban J connectivity index is 1.77. The summed E-state index contributed by atoms with van der Waals surface area (Å²) in [6.07, 6.45) is 3.58. The minimum absolute atomic E-state index is 0.324. The van der Waals surface area contributed by atoms with Crippen molar-refractivity contribution in [2.45, 2.75) is 46.1 Å². The van der Waals surface area contributed by atoms with Crippen LogP contribution in [-0.2, 0) is 24.1 Å². The van der Waals surface area contributed by atoms with Gasteiger partial charge in [-0.05, 0) is 43.0 Å². The van der Waals surface area contributed by atoms with Gasteiger partial charge in [0.05, 0.1) is 24.9 Å². The van der Waals surface area contributed by atoms with E-state index in [-0.39, 0.29) is 5.97 Å². The lowest BCUT2D eigenvalue weighted by Gasteiger charge is -2.10. The Morgan fingerprint density at radius 2 is 1.84 bits per heavy atom. The molecule has 31 heavy (non-hydrogen) atoms. The number of rotatable bonds is 9. The molecule has 0 spiro atoms. The van der Waals surface area contributed by atoms with Gasteiger partial charge >= 0.3 is 5.97 Å². The van der Waals surface area contributed by atoms with Crippen LogP contribution in [0.25, 0.3) is 11.0 Å². The number of unbranched alkanes of at least 4 members (excludes halogenated alkanes) is 1. The first kappa shape index (κ1) is 21.2. The molecule has 0 N–H and O–H groups in total. The van der Waals surface area contributed by atoms with Crippen molar-refractivity contribution in [3.05, 3.63) is 76.6 Å². The molecule has 0 amide bonds. The topological polar surface area (TPSA) is 69.9 Å². The van der Waals surface area contributed by atoms with E-state index in [1.165, 1.54) is 11.7 Å². The summed E-state index contributed by atoms with van der Waals surface area (Å²) >= 11 is 1.21. The van der Waals surface area contributed by atoms with Crippen LogP contribution in [0.1, 0.15) is 59.6 Å². The molecular formula is C24H26N4O2S. The maximum Gasteiger partial charge on any atom is 0.359 e. The molecule has 0 unspecified atom stereocenters. The number of fused-ring (bicyclic) bond motifs is 1. The van der Waals surface area contributed by atoms with E-state index in [0.29, 0.717) is 25.3 Å². The van der Waals surface area contributed by atoms with Gasteiger partial charge in [0.1, 0.15) is 11.0 Å². The van der Waals surface area contributed by atoms with Gasteiger partial charge in [-0.3, -0.25) is 4.68 Å². The fraction of sp³-hybridized carbons (Fsp3) is 0.333. The van der Waals surface area contributed by atoms with Gasteiger partial charge in [-0.25, -0.2) is 4.79 Å². The van der Waals surface area contributed by atoms with Crippen LogP contribution in [0.4, 0.5) is 0 Å². The lowest BCUT2D eigenvalue weighted by molar-refractivity contribution is 0.0517. The van der Waals surface area contributed by atoms with E-state index in [1.807, 2.05) is 41.9 Å². The summed E-state index contributed by atoms with van der Waals surface area (Å²) in [5.41, 5.74) is 6.48. The average Bonchev–Trinajstić information content (AvgIpc) is 3.38. The van der Waals surface area contributed by atoms with Crippen LogP contribution >= 0.6 is 11.7 Å². The minimum atomic E-state index is -0.363. The highest BCUT2D eigenvalue weighted by molar-refractivity contribution is 7.00. The smallest absolute Gasteiger partial charge is 0.359 e. The average molecular weight is 435 g/mol. The molecule has 6 nitrogen and oxygen atoms in total. The summed E-state index contributed by atoms with van der Waals surface area (Å²) in [4.78, 5) is 12.8. The zero-order chi connectivity index (χ0) is 21.6. The largest absolute Gasteiger partial charge is 0.461 e. The van der Waals surface area contributed by atoms with E-state index in [2.05, 4.69) is 33.9 Å². The predicted molar refractivity (Wildman–Crippen MR) is 123 cm³/mol. The molecule has 0 saturated carbocycles. The molecule has 4 aromatic rings. The first-order chi connectivity index (χ1) is 15.2. The van der Waals surface area contributed by atoms with Gasteiger partial charge < -0.3 is 4.74 Å². The summed E-state index contributed by atoms with van der Waals surface area (Å²) in [6.45, 7) is 4.94. The van der Waals surface area contributed by atoms with E-state index in [1.54, 1.807) is 0 Å². The van der Waals surface area contributed by atoms with E-state index in [9.17, 15) is 4.79 Å². The molecule has 0 aliphatic carbocycles. The Morgan fingerprint density at radius 1 is 1.03 bits per heavy atom. The monoisotopic (exact) mass is 434 g/mol. The molecule has 4 rings (SSSR count). The second-order valence-corrected chi connectivity index (χ2v) is 8.03. The number of hydrogen-bond acceptors (Lipinski definition) is 6. The van der Waals surface area contributed by atoms with Crippen LogP contribution in [0.2, 0.25) is 0 Å². The van der Waals surface area contributed by atoms with Gasteiger partial charge in [0.25, 0.3) is 0 Å². The molecule has 0 atom stereocenters. The summed E-state index contributed by atoms with van der Waals surface area (Å²) in [5.74, 6) is -0.363. The number of aromatic nitrogens is 4.